The van der Waals surface area contributed by atoms with E-state index in [1.807, 2.05) is 31.2 Å². The second kappa shape index (κ2) is 8.76. The molecule has 26 heavy (non-hydrogen) atoms. The first-order valence-corrected chi connectivity index (χ1v) is 9.06. The molecule has 1 aromatic carbocycles. The van der Waals surface area contributed by atoms with Crippen LogP contribution >= 0.6 is 0 Å². The van der Waals surface area contributed by atoms with Crippen molar-refractivity contribution in [3.8, 4) is 0 Å². The van der Waals surface area contributed by atoms with Gasteiger partial charge in [-0.3, -0.25) is 9.69 Å². The molecule has 0 N–H and O–H groups in total. The Labute approximate surface area is 154 Å². The summed E-state index contributed by atoms with van der Waals surface area (Å²) in [6.07, 6.45) is 1.80. The lowest BCUT2D eigenvalue weighted by Gasteiger charge is -2.35. The Morgan fingerprint density at radius 2 is 1.96 bits per heavy atom. The van der Waals surface area contributed by atoms with Crippen molar-refractivity contribution in [2.75, 3.05) is 44.2 Å². The van der Waals surface area contributed by atoms with Crippen molar-refractivity contribution in [2.45, 2.75) is 13.5 Å². The minimum absolute atomic E-state index is 0.0862. The summed E-state index contributed by atoms with van der Waals surface area (Å²) in [4.78, 5) is 23.2. The van der Waals surface area contributed by atoms with Gasteiger partial charge >= 0.3 is 0 Å². The van der Waals surface area contributed by atoms with Crippen LogP contribution in [0.2, 0.25) is 0 Å². The highest BCUT2D eigenvalue weighted by molar-refractivity contribution is 5.78. The van der Waals surface area contributed by atoms with E-state index in [1.165, 1.54) is 12.1 Å². The Kier molecular flexibility index (Phi) is 6.17. The highest BCUT2D eigenvalue weighted by Gasteiger charge is 2.22. The van der Waals surface area contributed by atoms with E-state index < -0.39 is 0 Å². The summed E-state index contributed by atoms with van der Waals surface area (Å²) in [5, 5.41) is 0. The average molecular weight is 356 g/mol. The molecule has 0 spiro atoms. The molecule has 1 aromatic heterocycles. The van der Waals surface area contributed by atoms with Gasteiger partial charge in [0, 0.05) is 45.5 Å². The zero-order chi connectivity index (χ0) is 18.4. The molecule has 0 unspecified atom stereocenters. The highest BCUT2D eigenvalue weighted by Crippen LogP contribution is 2.13. The fourth-order valence-corrected chi connectivity index (χ4v) is 3.20. The number of halogens is 1. The van der Waals surface area contributed by atoms with Gasteiger partial charge in [0.25, 0.3) is 0 Å². The van der Waals surface area contributed by atoms with Crippen LogP contribution in [0.1, 0.15) is 12.5 Å². The molecule has 1 saturated heterocycles. The van der Waals surface area contributed by atoms with Crippen LogP contribution in [0.15, 0.2) is 48.7 Å². The number of hydrogen-bond donors (Lipinski definition) is 0. The molecule has 0 radical (unpaired) electrons. The number of likely N-dealkylation sites (N-methyl/N-ethyl adjacent to an activating group) is 1. The third-order valence-electron chi connectivity index (χ3n) is 4.70. The predicted octanol–water partition coefficient (Wildman–Crippen LogP) is 2.39. The van der Waals surface area contributed by atoms with Crippen molar-refractivity contribution in [1.29, 1.82) is 0 Å². The summed E-state index contributed by atoms with van der Waals surface area (Å²) in [5.74, 6) is 0.805. The van der Waals surface area contributed by atoms with Crippen molar-refractivity contribution in [3.05, 3.63) is 60.0 Å². The van der Waals surface area contributed by atoms with Crippen molar-refractivity contribution >= 4 is 11.7 Å². The van der Waals surface area contributed by atoms with Gasteiger partial charge in [0.1, 0.15) is 11.6 Å². The minimum Gasteiger partial charge on any atom is -0.354 e. The summed E-state index contributed by atoms with van der Waals surface area (Å²) in [7, 11) is 0. The molecule has 2 aromatic rings. The Morgan fingerprint density at radius 3 is 2.62 bits per heavy atom. The Morgan fingerprint density at radius 1 is 1.15 bits per heavy atom. The number of rotatable bonds is 6. The molecule has 0 saturated carbocycles. The lowest BCUT2D eigenvalue weighted by molar-refractivity contribution is -0.132. The first-order valence-electron chi connectivity index (χ1n) is 9.06. The van der Waals surface area contributed by atoms with E-state index in [-0.39, 0.29) is 11.7 Å². The van der Waals surface area contributed by atoms with Gasteiger partial charge in [0.2, 0.25) is 5.91 Å². The van der Waals surface area contributed by atoms with Crippen molar-refractivity contribution < 1.29 is 9.18 Å². The van der Waals surface area contributed by atoms with Crippen LogP contribution in [-0.2, 0) is 11.3 Å². The van der Waals surface area contributed by atoms with E-state index >= 15 is 0 Å². The fourth-order valence-electron chi connectivity index (χ4n) is 3.20. The summed E-state index contributed by atoms with van der Waals surface area (Å²) in [6, 6.07) is 12.4. The molecule has 0 atom stereocenters. The number of carbonyl (C=O) groups is 1. The zero-order valence-corrected chi connectivity index (χ0v) is 15.1. The summed E-state index contributed by atoms with van der Waals surface area (Å²) < 4.78 is 13.4. The molecule has 1 aliphatic rings. The van der Waals surface area contributed by atoms with Gasteiger partial charge < -0.3 is 9.80 Å². The van der Waals surface area contributed by atoms with Crippen LogP contribution < -0.4 is 4.90 Å². The molecule has 3 rings (SSSR count). The molecular formula is C20H25FN4O. The smallest absolute Gasteiger partial charge is 0.237 e. The molecule has 1 aliphatic heterocycles. The maximum Gasteiger partial charge on any atom is 0.237 e. The lowest BCUT2D eigenvalue weighted by Crippen LogP contribution is -2.50. The van der Waals surface area contributed by atoms with Gasteiger partial charge in [-0.1, -0.05) is 18.2 Å². The number of anilines is 1. The van der Waals surface area contributed by atoms with Crippen molar-refractivity contribution in [2.24, 2.45) is 0 Å². The standard InChI is InChI=1S/C20H25FN4O/c1-2-24(15-17-6-5-7-18(21)14-17)20(26)16-23-10-12-25(13-11-23)19-8-3-4-9-22-19/h3-9,14H,2,10-13,15-16H2,1H3. The lowest BCUT2D eigenvalue weighted by atomic mass is 10.2. The number of aromatic nitrogens is 1. The van der Waals surface area contributed by atoms with E-state index in [4.69, 9.17) is 0 Å². The van der Waals surface area contributed by atoms with E-state index in [0.29, 0.717) is 19.6 Å². The molecule has 0 bridgehead atoms. The van der Waals surface area contributed by atoms with Crippen LogP contribution in [0.4, 0.5) is 10.2 Å². The first kappa shape index (κ1) is 18.3. The molecular weight excluding hydrogens is 331 g/mol. The van der Waals surface area contributed by atoms with E-state index in [1.54, 1.807) is 17.2 Å². The molecule has 1 fully saturated rings. The maximum absolute atomic E-state index is 13.4. The third kappa shape index (κ3) is 4.79. The first-order chi connectivity index (χ1) is 12.7. The molecule has 5 nitrogen and oxygen atoms in total. The highest BCUT2D eigenvalue weighted by atomic mass is 19.1. The Bertz CT molecular complexity index is 717. The monoisotopic (exact) mass is 356 g/mol. The number of carbonyl (C=O) groups excluding carboxylic acids is 1. The predicted molar refractivity (Wildman–Crippen MR) is 100 cm³/mol. The molecule has 2 heterocycles. The second-order valence-electron chi connectivity index (χ2n) is 6.49. The van der Waals surface area contributed by atoms with Gasteiger partial charge in [-0.2, -0.15) is 0 Å². The summed E-state index contributed by atoms with van der Waals surface area (Å²) in [6.45, 7) is 6.81. The minimum atomic E-state index is -0.267. The quantitative estimate of drug-likeness (QED) is 0.797. The Balaban J connectivity index is 1.51. The van der Waals surface area contributed by atoms with Crippen LogP contribution in [0.25, 0.3) is 0 Å². The third-order valence-corrected chi connectivity index (χ3v) is 4.70. The van der Waals surface area contributed by atoms with E-state index in [9.17, 15) is 9.18 Å². The normalized spacial score (nSPS) is 15.1. The molecule has 6 heteroatoms. The van der Waals surface area contributed by atoms with Gasteiger partial charge in [0.05, 0.1) is 6.54 Å². The largest absolute Gasteiger partial charge is 0.354 e. The van der Waals surface area contributed by atoms with Crippen molar-refractivity contribution in [3.63, 3.8) is 0 Å². The molecule has 1 amide bonds. The Hall–Kier alpha value is -2.47. The SMILES string of the molecule is CCN(Cc1cccc(F)c1)C(=O)CN1CCN(c2ccccn2)CC1. The number of amides is 1. The van der Waals surface area contributed by atoms with E-state index in [0.717, 1.165) is 37.6 Å². The zero-order valence-electron chi connectivity index (χ0n) is 15.1. The van der Waals surface area contributed by atoms with Crippen LogP contribution in [0, 0.1) is 5.82 Å². The number of piperazine rings is 1. The summed E-state index contributed by atoms with van der Waals surface area (Å²) >= 11 is 0. The van der Waals surface area contributed by atoms with Crippen LogP contribution in [0.5, 0.6) is 0 Å². The molecule has 0 aliphatic carbocycles. The average Bonchev–Trinajstić information content (AvgIpc) is 2.67. The maximum atomic E-state index is 13.4. The number of benzene rings is 1. The van der Waals surface area contributed by atoms with Crippen molar-refractivity contribution in [1.82, 2.24) is 14.8 Å². The van der Waals surface area contributed by atoms with Gasteiger partial charge in [-0.05, 0) is 36.8 Å². The summed E-state index contributed by atoms with van der Waals surface area (Å²) in [5.41, 5.74) is 0.820. The van der Waals surface area contributed by atoms with Gasteiger partial charge in [-0.15, -0.1) is 0 Å². The molecule has 138 valence electrons. The second-order valence-corrected chi connectivity index (χ2v) is 6.49. The van der Waals surface area contributed by atoms with Gasteiger partial charge in [0.15, 0.2) is 0 Å². The number of hydrogen-bond acceptors (Lipinski definition) is 4. The number of pyridine rings is 1. The van der Waals surface area contributed by atoms with Gasteiger partial charge in [-0.25, -0.2) is 9.37 Å². The van der Waals surface area contributed by atoms with Crippen LogP contribution in [0.3, 0.4) is 0 Å². The number of nitrogens with zero attached hydrogens (tertiary/aromatic N) is 4. The fraction of sp³-hybridized carbons (Fsp3) is 0.400. The topological polar surface area (TPSA) is 39.7 Å². The van der Waals surface area contributed by atoms with Crippen LogP contribution in [-0.4, -0.2) is 60.0 Å². The van der Waals surface area contributed by atoms with E-state index in [2.05, 4.69) is 14.8 Å².